The number of hydrogen-bond acceptors (Lipinski definition) is 3. The lowest BCUT2D eigenvalue weighted by atomic mass is 10.0. The number of carbonyl (C=O) groups excluding carboxylic acids is 2. The lowest BCUT2D eigenvalue weighted by Crippen LogP contribution is -2.28. The molecule has 0 aromatic heterocycles. The molecule has 2 aromatic rings. The number of methoxy groups -OCH3 is 1. The van der Waals surface area contributed by atoms with Gasteiger partial charge in [-0.3, -0.25) is 9.59 Å². The van der Waals surface area contributed by atoms with Crippen LogP contribution in [-0.2, 0) is 16.0 Å². The van der Waals surface area contributed by atoms with E-state index < -0.39 is 0 Å². The van der Waals surface area contributed by atoms with Crippen molar-refractivity contribution in [3.8, 4) is 5.75 Å². The van der Waals surface area contributed by atoms with E-state index >= 15 is 0 Å². The van der Waals surface area contributed by atoms with Crippen molar-refractivity contribution in [2.75, 3.05) is 12.4 Å². The van der Waals surface area contributed by atoms with Crippen LogP contribution in [0.2, 0.25) is 0 Å². The molecule has 0 aliphatic carbocycles. The Labute approximate surface area is 148 Å². The molecule has 0 saturated carbocycles. The van der Waals surface area contributed by atoms with E-state index in [1.807, 2.05) is 44.2 Å². The Balaban J connectivity index is 2.00. The summed E-state index contributed by atoms with van der Waals surface area (Å²) in [6, 6.07) is 13.0. The zero-order valence-corrected chi connectivity index (χ0v) is 15.1. The van der Waals surface area contributed by atoms with Crippen molar-refractivity contribution in [2.45, 2.75) is 33.2 Å². The van der Waals surface area contributed by atoms with Gasteiger partial charge in [0.25, 0.3) is 0 Å². The van der Waals surface area contributed by atoms with Crippen molar-refractivity contribution in [3.05, 3.63) is 59.2 Å². The number of amides is 2. The van der Waals surface area contributed by atoms with Crippen LogP contribution in [0.4, 0.5) is 5.69 Å². The highest BCUT2D eigenvalue weighted by atomic mass is 16.5. The SMILES string of the molecule is COc1ccc(C)cc1[C@@H](C)NC(=O)Cc1ccc(NC(C)=O)cc1. The Morgan fingerprint density at radius 1 is 1.12 bits per heavy atom. The van der Waals surface area contributed by atoms with Gasteiger partial charge in [0, 0.05) is 18.2 Å². The fraction of sp³-hybridized carbons (Fsp3) is 0.300. The number of ether oxygens (including phenoxy) is 1. The minimum atomic E-state index is -0.152. The van der Waals surface area contributed by atoms with Crippen molar-refractivity contribution in [1.29, 1.82) is 0 Å². The lowest BCUT2D eigenvalue weighted by Gasteiger charge is -2.18. The van der Waals surface area contributed by atoms with Crippen LogP contribution in [0, 0.1) is 6.92 Å². The van der Waals surface area contributed by atoms with E-state index in [1.54, 1.807) is 19.2 Å². The van der Waals surface area contributed by atoms with Gasteiger partial charge in [0.05, 0.1) is 19.6 Å². The van der Waals surface area contributed by atoms with Crippen LogP contribution in [0.3, 0.4) is 0 Å². The number of hydrogen-bond donors (Lipinski definition) is 2. The standard InChI is InChI=1S/C20H24N2O3/c1-13-5-10-19(25-4)18(11-13)14(2)21-20(24)12-16-6-8-17(9-7-16)22-15(3)23/h5-11,14H,12H2,1-4H3,(H,21,24)(H,22,23)/t14-/m1/s1. The molecule has 0 radical (unpaired) electrons. The molecule has 0 spiro atoms. The average molecular weight is 340 g/mol. The van der Waals surface area contributed by atoms with Crippen LogP contribution in [0.5, 0.6) is 5.75 Å². The number of rotatable bonds is 6. The summed E-state index contributed by atoms with van der Waals surface area (Å²) in [6.45, 7) is 5.41. The van der Waals surface area contributed by atoms with E-state index in [0.717, 1.165) is 28.1 Å². The van der Waals surface area contributed by atoms with Crippen molar-refractivity contribution in [2.24, 2.45) is 0 Å². The molecule has 0 aliphatic heterocycles. The molecule has 1 atom stereocenters. The van der Waals surface area contributed by atoms with E-state index in [-0.39, 0.29) is 24.3 Å². The van der Waals surface area contributed by atoms with E-state index in [4.69, 9.17) is 4.74 Å². The van der Waals surface area contributed by atoms with Crippen LogP contribution in [0.1, 0.15) is 36.6 Å². The normalized spacial score (nSPS) is 11.5. The zero-order valence-electron chi connectivity index (χ0n) is 15.1. The molecule has 0 fully saturated rings. The first-order chi connectivity index (χ1) is 11.9. The quantitative estimate of drug-likeness (QED) is 0.847. The summed E-state index contributed by atoms with van der Waals surface area (Å²) in [7, 11) is 1.62. The maximum Gasteiger partial charge on any atom is 0.224 e. The van der Waals surface area contributed by atoms with E-state index in [9.17, 15) is 9.59 Å². The Hall–Kier alpha value is -2.82. The third-order valence-electron chi connectivity index (χ3n) is 3.87. The Kier molecular flexibility index (Phi) is 6.17. The Morgan fingerprint density at radius 3 is 2.40 bits per heavy atom. The summed E-state index contributed by atoms with van der Waals surface area (Å²) in [6.07, 6.45) is 0.277. The minimum Gasteiger partial charge on any atom is -0.496 e. The predicted molar refractivity (Wildman–Crippen MR) is 98.7 cm³/mol. The number of anilines is 1. The first-order valence-corrected chi connectivity index (χ1v) is 8.19. The van der Waals surface area contributed by atoms with Crippen LogP contribution >= 0.6 is 0 Å². The second kappa shape index (κ2) is 8.33. The molecule has 2 aromatic carbocycles. The van der Waals surface area contributed by atoms with Crippen molar-refractivity contribution in [3.63, 3.8) is 0 Å². The van der Waals surface area contributed by atoms with Gasteiger partial charge in [0.1, 0.15) is 5.75 Å². The van der Waals surface area contributed by atoms with Gasteiger partial charge in [0.2, 0.25) is 11.8 Å². The summed E-state index contributed by atoms with van der Waals surface area (Å²) in [5, 5.41) is 5.71. The number of nitrogens with one attached hydrogen (secondary N) is 2. The zero-order chi connectivity index (χ0) is 18.4. The van der Waals surface area contributed by atoms with Gasteiger partial charge in [-0.05, 0) is 37.6 Å². The third-order valence-corrected chi connectivity index (χ3v) is 3.87. The number of benzene rings is 2. The molecule has 2 rings (SSSR count). The first-order valence-electron chi connectivity index (χ1n) is 8.19. The molecule has 5 heteroatoms. The molecule has 2 N–H and O–H groups in total. The Bertz CT molecular complexity index is 754. The van der Waals surface area contributed by atoms with Crippen molar-refractivity contribution >= 4 is 17.5 Å². The van der Waals surface area contributed by atoms with Gasteiger partial charge in [0.15, 0.2) is 0 Å². The summed E-state index contributed by atoms with van der Waals surface area (Å²) < 4.78 is 5.38. The second-order valence-electron chi connectivity index (χ2n) is 6.09. The summed E-state index contributed by atoms with van der Waals surface area (Å²) in [5.41, 5.74) is 3.67. The molecule has 2 amide bonds. The maximum absolute atomic E-state index is 12.3. The monoisotopic (exact) mass is 340 g/mol. The van der Waals surface area contributed by atoms with Crippen molar-refractivity contribution in [1.82, 2.24) is 5.32 Å². The van der Waals surface area contributed by atoms with Crippen LogP contribution in [0.15, 0.2) is 42.5 Å². The highest BCUT2D eigenvalue weighted by Gasteiger charge is 2.14. The fourth-order valence-corrected chi connectivity index (χ4v) is 2.66. The largest absolute Gasteiger partial charge is 0.496 e. The van der Waals surface area contributed by atoms with Crippen molar-refractivity contribution < 1.29 is 14.3 Å². The predicted octanol–water partition coefficient (Wildman–Crippen LogP) is 3.38. The summed E-state index contributed by atoms with van der Waals surface area (Å²) in [4.78, 5) is 23.3. The first kappa shape index (κ1) is 18.5. The molecular weight excluding hydrogens is 316 g/mol. The van der Waals surface area contributed by atoms with E-state index in [2.05, 4.69) is 10.6 Å². The topological polar surface area (TPSA) is 67.4 Å². The van der Waals surface area contributed by atoms with E-state index in [0.29, 0.717) is 0 Å². The fourth-order valence-electron chi connectivity index (χ4n) is 2.66. The van der Waals surface area contributed by atoms with Gasteiger partial charge < -0.3 is 15.4 Å². The van der Waals surface area contributed by atoms with Crippen LogP contribution in [-0.4, -0.2) is 18.9 Å². The van der Waals surface area contributed by atoms with Gasteiger partial charge in [-0.15, -0.1) is 0 Å². The number of aryl methyl sites for hydroxylation is 1. The van der Waals surface area contributed by atoms with Crippen LogP contribution < -0.4 is 15.4 Å². The minimum absolute atomic E-state index is 0.0664. The van der Waals surface area contributed by atoms with E-state index in [1.165, 1.54) is 6.92 Å². The molecule has 0 saturated heterocycles. The third kappa shape index (κ3) is 5.35. The van der Waals surface area contributed by atoms with Gasteiger partial charge in [-0.2, -0.15) is 0 Å². The average Bonchev–Trinajstić information content (AvgIpc) is 2.56. The smallest absolute Gasteiger partial charge is 0.224 e. The Morgan fingerprint density at radius 2 is 1.80 bits per heavy atom. The molecule has 0 aliphatic rings. The molecule has 132 valence electrons. The molecule has 0 unspecified atom stereocenters. The lowest BCUT2D eigenvalue weighted by molar-refractivity contribution is -0.121. The molecule has 25 heavy (non-hydrogen) atoms. The molecule has 0 bridgehead atoms. The summed E-state index contributed by atoms with van der Waals surface area (Å²) in [5.74, 6) is 0.577. The maximum atomic E-state index is 12.3. The second-order valence-corrected chi connectivity index (χ2v) is 6.09. The molecular formula is C20H24N2O3. The van der Waals surface area contributed by atoms with Gasteiger partial charge in [-0.25, -0.2) is 0 Å². The number of carbonyl (C=O) groups is 2. The summed E-state index contributed by atoms with van der Waals surface area (Å²) >= 11 is 0. The van der Waals surface area contributed by atoms with Gasteiger partial charge in [-0.1, -0.05) is 29.8 Å². The van der Waals surface area contributed by atoms with Gasteiger partial charge >= 0.3 is 0 Å². The molecule has 5 nitrogen and oxygen atoms in total. The highest BCUT2D eigenvalue weighted by Crippen LogP contribution is 2.26. The van der Waals surface area contributed by atoms with Crippen LogP contribution in [0.25, 0.3) is 0 Å². The highest BCUT2D eigenvalue weighted by molar-refractivity contribution is 5.88. The molecule has 0 heterocycles.